The summed E-state index contributed by atoms with van der Waals surface area (Å²) in [4.78, 5) is 23.4. The van der Waals surface area contributed by atoms with E-state index in [9.17, 15) is 9.59 Å². The summed E-state index contributed by atoms with van der Waals surface area (Å²) in [5.41, 5.74) is 6.46. The lowest BCUT2D eigenvalue weighted by Gasteiger charge is -2.15. The van der Waals surface area contributed by atoms with Crippen LogP contribution in [0.3, 0.4) is 0 Å². The zero-order valence-electron chi connectivity index (χ0n) is 11.2. The second-order valence-corrected chi connectivity index (χ2v) is 5.45. The summed E-state index contributed by atoms with van der Waals surface area (Å²) >= 11 is 11.6. The van der Waals surface area contributed by atoms with E-state index in [0.717, 1.165) is 31.4 Å². The van der Waals surface area contributed by atoms with E-state index in [1.165, 1.54) is 6.07 Å². The maximum atomic E-state index is 11.7. The number of hydrogen-bond acceptors (Lipinski definition) is 3. The summed E-state index contributed by atoms with van der Waals surface area (Å²) in [7, 11) is 0. The maximum Gasteiger partial charge on any atom is 0.327 e. The van der Waals surface area contributed by atoms with E-state index in [2.05, 4.69) is 16.2 Å². The molecule has 2 rings (SSSR count). The van der Waals surface area contributed by atoms with Gasteiger partial charge in [-0.15, -0.1) is 0 Å². The van der Waals surface area contributed by atoms with Gasteiger partial charge in [0.15, 0.2) is 0 Å². The van der Waals surface area contributed by atoms with Crippen LogP contribution in [0.1, 0.15) is 25.7 Å². The Hall–Kier alpha value is -1.72. The van der Waals surface area contributed by atoms with Crippen molar-refractivity contribution in [3.8, 4) is 0 Å². The van der Waals surface area contributed by atoms with E-state index in [0.29, 0.717) is 15.7 Å². The molecule has 21 heavy (non-hydrogen) atoms. The molecular formula is C14H15Cl2N3O2. The number of rotatable bonds is 3. The molecule has 0 spiro atoms. The van der Waals surface area contributed by atoms with E-state index in [-0.39, 0.29) is 0 Å². The molecule has 3 N–H and O–H groups in total. The topological polar surface area (TPSA) is 70.2 Å². The largest absolute Gasteiger partial charge is 0.327 e. The lowest BCUT2D eigenvalue weighted by atomic mass is 10.1. The Morgan fingerprint density at radius 1 is 1.05 bits per heavy atom. The van der Waals surface area contributed by atoms with Crippen molar-refractivity contribution >= 4 is 40.7 Å². The minimum atomic E-state index is -0.780. The zero-order chi connectivity index (χ0) is 15.2. The first-order valence-corrected chi connectivity index (χ1v) is 7.33. The highest BCUT2D eigenvalue weighted by Crippen LogP contribution is 2.24. The summed E-state index contributed by atoms with van der Waals surface area (Å²) < 4.78 is 0. The molecule has 0 aromatic heterocycles. The van der Waals surface area contributed by atoms with Gasteiger partial charge in [-0.1, -0.05) is 29.3 Å². The molecule has 7 heteroatoms. The fraction of sp³-hybridized carbons (Fsp3) is 0.286. The van der Waals surface area contributed by atoms with Crippen LogP contribution in [0.5, 0.6) is 0 Å². The zero-order valence-corrected chi connectivity index (χ0v) is 12.7. The van der Waals surface area contributed by atoms with Gasteiger partial charge < -0.3 is 10.7 Å². The fourth-order valence-corrected chi connectivity index (χ4v) is 2.21. The van der Waals surface area contributed by atoms with Gasteiger partial charge in [0.25, 0.3) is 0 Å². The number of hydrazine groups is 1. The highest BCUT2D eigenvalue weighted by Gasteiger charge is 2.14. The fourth-order valence-electron chi connectivity index (χ4n) is 1.91. The predicted molar refractivity (Wildman–Crippen MR) is 82.9 cm³/mol. The minimum Gasteiger partial charge on any atom is -0.318 e. The van der Waals surface area contributed by atoms with Crippen molar-refractivity contribution in [2.45, 2.75) is 25.7 Å². The molecule has 0 fully saturated rings. The van der Waals surface area contributed by atoms with E-state index in [4.69, 9.17) is 23.2 Å². The first kappa shape index (κ1) is 15.7. The number of benzene rings is 1. The highest BCUT2D eigenvalue weighted by atomic mass is 35.5. The van der Waals surface area contributed by atoms with Gasteiger partial charge in [-0.2, -0.15) is 0 Å². The Kier molecular flexibility index (Phi) is 5.47. The van der Waals surface area contributed by atoms with Crippen molar-refractivity contribution in [3.05, 3.63) is 40.0 Å². The molecule has 1 aromatic rings. The van der Waals surface area contributed by atoms with Crippen LogP contribution in [-0.2, 0) is 9.59 Å². The van der Waals surface area contributed by atoms with Crippen LogP contribution >= 0.6 is 23.2 Å². The van der Waals surface area contributed by atoms with Crippen molar-refractivity contribution < 1.29 is 9.59 Å². The van der Waals surface area contributed by atoms with Gasteiger partial charge in [0.05, 0.1) is 10.0 Å². The summed E-state index contributed by atoms with van der Waals surface area (Å²) in [5.74, 6) is -1.55. The molecule has 0 aliphatic heterocycles. The van der Waals surface area contributed by atoms with Gasteiger partial charge in [-0.25, -0.2) is 0 Å². The number of allylic oxidation sites excluding steroid dienone is 2. The number of carbonyl (C=O) groups is 2. The molecule has 0 radical (unpaired) electrons. The number of carbonyl (C=O) groups excluding carboxylic acids is 2. The highest BCUT2D eigenvalue weighted by molar-refractivity contribution is 6.42. The molecule has 0 atom stereocenters. The molecule has 1 aliphatic carbocycles. The number of anilines is 1. The van der Waals surface area contributed by atoms with E-state index in [1.807, 2.05) is 6.08 Å². The maximum absolute atomic E-state index is 11.7. The lowest BCUT2D eigenvalue weighted by Crippen LogP contribution is -2.43. The average Bonchev–Trinajstić information content (AvgIpc) is 2.49. The van der Waals surface area contributed by atoms with Crippen molar-refractivity contribution in [1.82, 2.24) is 10.9 Å². The van der Waals surface area contributed by atoms with Crippen LogP contribution < -0.4 is 16.2 Å². The number of halogens is 2. The first-order chi connectivity index (χ1) is 10.1. The number of amides is 2. The second-order valence-electron chi connectivity index (χ2n) is 4.64. The third-order valence-electron chi connectivity index (χ3n) is 3.01. The molecular weight excluding hydrogens is 313 g/mol. The van der Waals surface area contributed by atoms with Gasteiger partial charge in [-0.3, -0.25) is 15.0 Å². The van der Waals surface area contributed by atoms with E-state index >= 15 is 0 Å². The monoisotopic (exact) mass is 327 g/mol. The van der Waals surface area contributed by atoms with E-state index < -0.39 is 11.8 Å². The van der Waals surface area contributed by atoms with Gasteiger partial charge in [0.2, 0.25) is 0 Å². The summed E-state index contributed by atoms with van der Waals surface area (Å²) in [6.07, 6.45) is 6.09. The Morgan fingerprint density at radius 2 is 1.86 bits per heavy atom. The minimum absolute atomic E-state index is 0.306. The van der Waals surface area contributed by atoms with Crippen molar-refractivity contribution in [1.29, 1.82) is 0 Å². The van der Waals surface area contributed by atoms with Gasteiger partial charge >= 0.3 is 11.8 Å². The Bertz CT molecular complexity index is 588. The number of hydrogen-bond donors (Lipinski definition) is 3. The van der Waals surface area contributed by atoms with Crippen molar-refractivity contribution in [2.75, 3.05) is 5.32 Å². The number of nitrogens with one attached hydrogen (secondary N) is 3. The van der Waals surface area contributed by atoms with Gasteiger partial charge in [-0.05, 0) is 43.9 Å². The molecule has 0 heterocycles. The van der Waals surface area contributed by atoms with Crippen molar-refractivity contribution in [3.63, 3.8) is 0 Å². The van der Waals surface area contributed by atoms with Crippen LogP contribution in [-0.4, -0.2) is 11.8 Å². The normalized spacial score (nSPS) is 14.1. The molecule has 0 saturated carbocycles. The third-order valence-corrected chi connectivity index (χ3v) is 3.75. The lowest BCUT2D eigenvalue weighted by molar-refractivity contribution is -0.136. The van der Waals surface area contributed by atoms with E-state index in [1.54, 1.807) is 12.1 Å². The standard InChI is InChI=1S/C14H15Cl2N3O2/c15-11-7-6-10(8-12(11)16)17-13(20)14(21)19-18-9-4-2-1-3-5-9/h4,6-8,18H,1-3,5H2,(H,17,20)(H,19,21). The molecule has 5 nitrogen and oxygen atoms in total. The third kappa shape index (κ3) is 4.65. The molecule has 0 unspecified atom stereocenters. The Balaban J connectivity index is 1.85. The Morgan fingerprint density at radius 3 is 2.52 bits per heavy atom. The SMILES string of the molecule is O=C(NNC1=CCCCC1)C(=O)Nc1ccc(Cl)c(Cl)c1. The molecule has 1 aromatic carbocycles. The van der Waals surface area contributed by atoms with Crippen molar-refractivity contribution in [2.24, 2.45) is 0 Å². The van der Waals surface area contributed by atoms with Crippen LogP contribution in [0.2, 0.25) is 10.0 Å². The summed E-state index contributed by atoms with van der Waals surface area (Å²) in [6, 6.07) is 4.59. The smallest absolute Gasteiger partial charge is 0.318 e. The quantitative estimate of drug-likeness (QED) is 0.590. The van der Waals surface area contributed by atoms with Crippen LogP contribution in [0.25, 0.3) is 0 Å². The van der Waals surface area contributed by atoms with Gasteiger partial charge in [0.1, 0.15) is 0 Å². The van der Waals surface area contributed by atoms with Crippen LogP contribution in [0.15, 0.2) is 30.0 Å². The predicted octanol–water partition coefficient (Wildman–Crippen LogP) is 3.01. The molecule has 0 bridgehead atoms. The summed E-state index contributed by atoms with van der Waals surface area (Å²) in [5, 5.41) is 3.13. The first-order valence-electron chi connectivity index (χ1n) is 6.57. The average molecular weight is 328 g/mol. The second kappa shape index (κ2) is 7.33. The molecule has 2 amide bonds. The van der Waals surface area contributed by atoms with Gasteiger partial charge in [0, 0.05) is 11.4 Å². The molecule has 112 valence electrons. The summed E-state index contributed by atoms with van der Waals surface area (Å²) in [6.45, 7) is 0. The molecule has 0 saturated heterocycles. The van der Waals surface area contributed by atoms with Crippen LogP contribution in [0.4, 0.5) is 5.69 Å². The van der Waals surface area contributed by atoms with Crippen LogP contribution in [0, 0.1) is 0 Å². The Labute approximate surface area is 132 Å². The molecule has 1 aliphatic rings.